The van der Waals surface area contributed by atoms with Crippen LogP contribution < -0.4 is 16.6 Å². The number of aromatic nitrogens is 7. The molecule has 0 bridgehead atoms. The van der Waals surface area contributed by atoms with Crippen LogP contribution in [0.4, 0.5) is 5.82 Å². The normalized spacial score (nSPS) is 12.9. The number of benzene rings is 2. The Kier molecular flexibility index (Phi) is 6.28. The monoisotopic (exact) mass is 535 g/mol. The van der Waals surface area contributed by atoms with E-state index in [2.05, 4.69) is 25.6 Å². The number of hydrogen-bond donors (Lipinski definition) is 4. The lowest BCUT2D eigenvalue weighted by Gasteiger charge is -2.20. The summed E-state index contributed by atoms with van der Waals surface area (Å²) in [5, 5.41) is 24.8. The van der Waals surface area contributed by atoms with E-state index >= 15 is 0 Å². The van der Waals surface area contributed by atoms with E-state index in [4.69, 9.17) is 10.7 Å². The molecule has 0 radical (unpaired) electrons. The molecule has 4 heterocycles. The number of carbonyl (C=O) groups excluding carboxylic acids is 1. The molecule has 0 fully saturated rings. The maximum atomic E-state index is 14.2. The van der Waals surface area contributed by atoms with Crippen molar-refractivity contribution >= 4 is 28.3 Å². The second kappa shape index (κ2) is 10.1. The first-order valence-corrected chi connectivity index (χ1v) is 12.6. The maximum Gasteiger partial charge on any atom is 0.266 e. The fourth-order valence-electron chi connectivity index (χ4n) is 4.83. The SMILES string of the molecule is C[C@H](NC(=O)c1c(N)nn2cccnc12)c1nc2cccc(CC(O)c3cn[nH]c3)c2c(=O)n1-c1ccccc1. The van der Waals surface area contributed by atoms with E-state index in [0.29, 0.717) is 39.2 Å². The Morgan fingerprint density at radius 2 is 1.98 bits per heavy atom. The largest absolute Gasteiger partial charge is 0.388 e. The topological polar surface area (TPSA) is 169 Å². The van der Waals surface area contributed by atoms with Gasteiger partial charge >= 0.3 is 0 Å². The van der Waals surface area contributed by atoms with Crippen molar-refractivity contribution < 1.29 is 9.90 Å². The van der Waals surface area contributed by atoms with Crippen LogP contribution in [0, 0.1) is 0 Å². The van der Waals surface area contributed by atoms with Crippen LogP contribution in [0.1, 0.15) is 46.4 Å². The van der Waals surface area contributed by atoms with Crippen LogP contribution in [0.2, 0.25) is 0 Å². The van der Waals surface area contributed by atoms with Crippen LogP contribution >= 0.6 is 0 Å². The van der Waals surface area contributed by atoms with Gasteiger partial charge in [-0.1, -0.05) is 30.3 Å². The summed E-state index contributed by atoms with van der Waals surface area (Å²) in [4.78, 5) is 36.6. The molecule has 40 heavy (non-hydrogen) atoms. The van der Waals surface area contributed by atoms with Crippen molar-refractivity contribution in [2.75, 3.05) is 5.73 Å². The molecule has 5 N–H and O–H groups in total. The van der Waals surface area contributed by atoms with Gasteiger partial charge in [-0.05, 0) is 36.8 Å². The number of hydrogen-bond acceptors (Lipinski definition) is 8. The van der Waals surface area contributed by atoms with Gasteiger partial charge in [-0.2, -0.15) is 5.10 Å². The number of nitrogen functional groups attached to an aromatic ring is 1. The van der Waals surface area contributed by atoms with Crippen molar-refractivity contribution in [2.24, 2.45) is 0 Å². The van der Waals surface area contributed by atoms with Crippen molar-refractivity contribution in [3.05, 3.63) is 112 Å². The summed E-state index contributed by atoms with van der Waals surface area (Å²) in [6.07, 6.45) is 5.69. The third kappa shape index (κ3) is 4.35. The van der Waals surface area contributed by atoms with Crippen molar-refractivity contribution in [2.45, 2.75) is 25.5 Å². The Morgan fingerprint density at radius 3 is 2.75 bits per heavy atom. The number of aliphatic hydroxyl groups is 1. The van der Waals surface area contributed by atoms with E-state index in [1.807, 2.05) is 18.2 Å². The predicted molar refractivity (Wildman–Crippen MR) is 148 cm³/mol. The standard InChI is InChI=1S/C28H25N9O3/c1-16(33-27(39)23-24(29)35-36-12-6-11-30-26(23)36)25-34-20-10-5-7-17(13-21(38)18-14-31-32-15-18)22(20)28(40)37(25)19-8-3-2-4-9-19/h2-12,14-16,21,38H,13H2,1H3,(H2,29,35)(H,31,32)(H,33,39)/t16-,21?/m0/s1. The first kappa shape index (κ1) is 24.9. The first-order valence-electron chi connectivity index (χ1n) is 12.6. The van der Waals surface area contributed by atoms with Gasteiger partial charge in [0.25, 0.3) is 11.5 Å². The van der Waals surface area contributed by atoms with E-state index < -0.39 is 18.1 Å². The number of H-pyrrole nitrogens is 1. The molecule has 0 aliphatic carbocycles. The minimum Gasteiger partial charge on any atom is -0.388 e. The number of para-hydroxylation sites is 1. The number of amides is 1. The fraction of sp³-hybridized carbons (Fsp3) is 0.143. The summed E-state index contributed by atoms with van der Waals surface area (Å²) in [7, 11) is 0. The van der Waals surface area contributed by atoms with Crippen molar-refractivity contribution in [3.8, 4) is 5.69 Å². The fourth-order valence-corrected chi connectivity index (χ4v) is 4.83. The minimum absolute atomic E-state index is 0.0381. The Morgan fingerprint density at radius 1 is 1.15 bits per heavy atom. The van der Waals surface area contributed by atoms with Crippen molar-refractivity contribution in [1.29, 1.82) is 0 Å². The molecule has 0 aliphatic rings. The zero-order valence-corrected chi connectivity index (χ0v) is 21.4. The van der Waals surface area contributed by atoms with Gasteiger partial charge in [-0.15, -0.1) is 5.10 Å². The quantitative estimate of drug-likeness (QED) is 0.242. The minimum atomic E-state index is -0.864. The van der Waals surface area contributed by atoms with Gasteiger partial charge in [0.2, 0.25) is 0 Å². The summed E-state index contributed by atoms with van der Waals surface area (Å²) in [6.45, 7) is 1.74. The van der Waals surface area contributed by atoms with E-state index in [0.717, 1.165) is 0 Å². The van der Waals surface area contributed by atoms with Crippen LogP contribution in [-0.2, 0) is 6.42 Å². The number of aromatic amines is 1. The summed E-state index contributed by atoms with van der Waals surface area (Å²) in [5.74, 6) is -0.131. The molecule has 0 saturated heterocycles. The molecule has 4 aromatic heterocycles. The zero-order chi connectivity index (χ0) is 27.8. The highest BCUT2D eigenvalue weighted by molar-refractivity contribution is 6.04. The lowest BCUT2D eigenvalue weighted by Crippen LogP contribution is -2.33. The molecular formula is C28H25N9O3. The van der Waals surface area contributed by atoms with Gasteiger partial charge in [-0.3, -0.25) is 19.3 Å². The van der Waals surface area contributed by atoms with Crippen LogP contribution in [0.5, 0.6) is 0 Å². The maximum absolute atomic E-state index is 14.2. The van der Waals surface area contributed by atoms with Gasteiger partial charge in [0, 0.05) is 30.6 Å². The number of rotatable bonds is 7. The Labute approximate surface area is 227 Å². The highest BCUT2D eigenvalue weighted by Crippen LogP contribution is 2.25. The second-order valence-corrected chi connectivity index (χ2v) is 9.35. The number of nitrogens with two attached hydrogens (primary N) is 1. The summed E-state index contributed by atoms with van der Waals surface area (Å²) in [6, 6.07) is 15.4. The smallest absolute Gasteiger partial charge is 0.266 e. The molecular weight excluding hydrogens is 510 g/mol. The van der Waals surface area contributed by atoms with E-state index in [1.54, 1.807) is 68.1 Å². The first-order chi connectivity index (χ1) is 19.4. The van der Waals surface area contributed by atoms with E-state index in [1.165, 1.54) is 9.08 Å². The Bertz CT molecular complexity index is 1900. The molecule has 1 unspecified atom stereocenters. The van der Waals surface area contributed by atoms with Gasteiger partial charge in [-0.25, -0.2) is 14.5 Å². The van der Waals surface area contributed by atoms with Gasteiger partial charge in [0.1, 0.15) is 11.4 Å². The lowest BCUT2D eigenvalue weighted by molar-refractivity contribution is 0.0940. The molecule has 200 valence electrons. The number of anilines is 1. The summed E-state index contributed by atoms with van der Waals surface area (Å²) >= 11 is 0. The zero-order valence-electron chi connectivity index (χ0n) is 21.4. The van der Waals surface area contributed by atoms with Gasteiger partial charge in [0.15, 0.2) is 11.5 Å². The molecule has 0 aliphatic heterocycles. The van der Waals surface area contributed by atoms with Crippen molar-refractivity contribution in [1.82, 2.24) is 39.7 Å². The van der Waals surface area contributed by atoms with Crippen LogP contribution in [0.25, 0.3) is 22.2 Å². The molecule has 6 aromatic rings. The van der Waals surface area contributed by atoms with Crippen LogP contribution in [0.3, 0.4) is 0 Å². The third-order valence-corrected chi connectivity index (χ3v) is 6.73. The van der Waals surface area contributed by atoms with Crippen LogP contribution in [0.15, 0.2) is 84.2 Å². The molecule has 2 atom stereocenters. The summed E-state index contributed by atoms with van der Waals surface area (Å²) in [5.41, 5.74) is 8.47. The molecule has 12 nitrogen and oxygen atoms in total. The average molecular weight is 536 g/mol. The number of carbonyl (C=O) groups is 1. The molecule has 2 aromatic carbocycles. The molecule has 6 rings (SSSR count). The molecule has 1 amide bonds. The third-order valence-electron chi connectivity index (χ3n) is 6.73. The highest BCUT2D eigenvalue weighted by atomic mass is 16.3. The van der Waals surface area contributed by atoms with Gasteiger partial charge in [0.05, 0.1) is 34.9 Å². The number of nitrogens with one attached hydrogen (secondary N) is 2. The number of nitrogens with zero attached hydrogens (tertiary/aromatic N) is 6. The number of aliphatic hydroxyl groups excluding tert-OH is 1. The summed E-state index contributed by atoms with van der Waals surface area (Å²) < 4.78 is 2.92. The van der Waals surface area contributed by atoms with Gasteiger partial charge < -0.3 is 16.2 Å². The molecule has 0 spiro atoms. The average Bonchev–Trinajstić information content (AvgIpc) is 3.61. The number of fused-ring (bicyclic) bond motifs is 2. The lowest BCUT2D eigenvalue weighted by atomic mass is 10.00. The predicted octanol–water partition coefficient (Wildman–Crippen LogP) is 2.50. The molecule has 12 heteroatoms. The van der Waals surface area contributed by atoms with E-state index in [9.17, 15) is 14.7 Å². The van der Waals surface area contributed by atoms with Crippen molar-refractivity contribution in [3.63, 3.8) is 0 Å². The molecule has 0 saturated carbocycles. The second-order valence-electron chi connectivity index (χ2n) is 9.35. The van der Waals surface area contributed by atoms with Crippen LogP contribution in [-0.4, -0.2) is 45.4 Å². The Hall–Kier alpha value is -5.36. The highest BCUT2D eigenvalue weighted by Gasteiger charge is 2.25. The van der Waals surface area contributed by atoms with E-state index in [-0.39, 0.29) is 23.4 Å². The Balaban J connectivity index is 1.45.